The molecule has 0 saturated carbocycles. The van der Waals surface area contributed by atoms with E-state index in [-0.39, 0.29) is 0 Å². The van der Waals surface area contributed by atoms with Crippen LogP contribution in [0.5, 0.6) is 0 Å². The summed E-state index contributed by atoms with van der Waals surface area (Å²) >= 11 is 0. The van der Waals surface area contributed by atoms with Crippen LogP contribution in [-0.4, -0.2) is 38.9 Å². The molecular weight excluding hydrogens is 202 g/mol. The van der Waals surface area contributed by atoms with E-state index in [0.717, 1.165) is 4.31 Å². The number of nitrogens with one attached hydrogen (secondary N) is 1. The molecule has 0 aliphatic carbocycles. The van der Waals surface area contributed by atoms with Crippen LogP contribution in [0, 0.1) is 0 Å². The molecule has 6 heteroatoms. The van der Waals surface area contributed by atoms with Gasteiger partial charge in [0.05, 0.1) is 0 Å². The first kappa shape index (κ1) is 13.8. The molecule has 3 N–H and O–H groups in total. The summed E-state index contributed by atoms with van der Waals surface area (Å²) in [6.45, 7) is 4.16. The predicted octanol–water partition coefficient (Wildman–Crippen LogP) is -0.100. The second kappa shape index (κ2) is 5.06. The molecule has 0 atom stereocenters. The maximum atomic E-state index is 11.6. The molecule has 0 bridgehead atoms. The van der Waals surface area contributed by atoms with Gasteiger partial charge in [0.15, 0.2) is 0 Å². The molecule has 0 aromatic rings. The van der Waals surface area contributed by atoms with Crippen molar-refractivity contribution >= 4 is 10.2 Å². The first-order valence-corrected chi connectivity index (χ1v) is 6.19. The van der Waals surface area contributed by atoms with Crippen LogP contribution in [0.25, 0.3) is 0 Å². The Morgan fingerprint density at radius 3 is 1.93 bits per heavy atom. The highest BCUT2D eigenvalue weighted by Gasteiger charge is 2.30. The molecule has 0 aromatic carbocycles. The molecule has 0 radical (unpaired) electrons. The van der Waals surface area contributed by atoms with E-state index in [4.69, 9.17) is 5.73 Å². The summed E-state index contributed by atoms with van der Waals surface area (Å²) in [6, 6.07) is 0. The number of nitrogens with two attached hydrogens (primary N) is 1. The Bertz CT molecular complexity index is 249. The molecule has 0 aliphatic heterocycles. The molecule has 0 aromatic heterocycles. The van der Waals surface area contributed by atoms with E-state index in [1.807, 2.05) is 13.8 Å². The molecule has 0 unspecified atom stereocenters. The fourth-order valence-electron chi connectivity index (χ4n) is 1.09. The van der Waals surface area contributed by atoms with E-state index in [9.17, 15) is 8.42 Å². The van der Waals surface area contributed by atoms with Gasteiger partial charge in [-0.15, -0.1) is 0 Å². The SMILES string of the molecule is CCC(CC)(CN)NS(=O)(=O)N(C)C. The smallest absolute Gasteiger partial charge is 0.279 e. The third-order valence-corrected chi connectivity index (χ3v) is 4.22. The van der Waals surface area contributed by atoms with Crippen LogP contribution < -0.4 is 10.5 Å². The van der Waals surface area contributed by atoms with Gasteiger partial charge in [-0.05, 0) is 12.8 Å². The Morgan fingerprint density at radius 2 is 1.71 bits per heavy atom. The van der Waals surface area contributed by atoms with Crippen molar-refractivity contribution in [3.05, 3.63) is 0 Å². The third-order valence-electron chi connectivity index (χ3n) is 2.57. The van der Waals surface area contributed by atoms with Crippen LogP contribution in [0.4, 0.5) is 0 Å². The standard InChI is InChI=1S/C8H21N3O2S/c1-5-8(6-2,7-9)10-14(12,13)11(3)4/h10H,5-7,9H2,1-4H3. The lowest BCUT2D eigenvalue weighted by Gasteiger charge is -2.32. The highest BCUT2D eigenvalue weighted by molar-refractivity contribution is 7.87. The van der Waals surface area contributed by atoms with Gasteiger partial charge in [-0.1, -0.05) is 13.8 Å². The molecule has 0 heterocycles. The second-order valence-corrected chi connectivity index (χ2v) is 5.47. The zero-order chi connectivity index (χ0) is 11.4. The Hall–Kier alpha value is -0.170. The lowest BCUT2D eigenvalue weighted by molar-refractivity contribution is 0.352. The summed E-state index contributed by atoms with van der Waals surface area (Å²) in [6.07, 6.45) is 1.38. The number of nitrogens with zero attached hydrogens (tertiary/aromatic N) is 1. The van der Waals surface area contributed by atoms with Crippen molar-refractivity contribution in [2.75, 3.05) is 20.6 Å². The zero-order valence-corrected chi connectivity index (χ0v) is 10.2. The fourth-order valence-corrected chi connectivity index (χ4v) is 2.19. The minimum absolute atomic E-state index is 0.313. The minimum atomic E-state index is -3.39. The maximum Gasteiger partial charge on any atom is 0.279 e. The van der Waals surface area contributed by atoms with Crippen LogP contribution in [0.1, 0.15) is 26.7 Å². The number of hydrogen-bond donors (Lipinski definition) is 2. The van der Waals surface area contributed by atoms with Gasteiger partial charge in [-0.25, -0.2) is 0 Å². The molecule has 0 fully saturated rings. The molecule has 0 saturated heterocycles. The second-order valence-electron chi connectivity index (χ2n) is 3.58. The van der Waals surface area contributed by atoms with Crippen molar-refractivity contribution in [1.82, 2.24) is 9.03 Å². The molecular formula is C8H21N3O2S. The van der Waals surface area contributed by atoms with Crippen molar-refractivity contribution in [2.45, 2.75) is 32.2 Å². The largest absolute Gasteiger partial charge is 0.329 e. The summed E-state index contributed by atoms with van der Waals surface area (Å²) in [5.74, 6) is 0. The lowest BCUT2D eigenvalue weighted by atomic mass is 9.95. The molecule has 0 aliphatic rings. The van der Waals surface area contributed by atoms with Gasteiger partial charge < -0.3 is 5.73 Å². The van der Waals surface area contributed by atoms with Crippen molar-refractivity contribution in [1.29, 1.82) is 0 Å². The quantitative estimate of drug-likeness (QED) is 0.660. The molecule has 14 heavy (non-hydrogen) atoms. The van der Waals surface area contributed by atoms with E-state index in [0.29, 0.717) is 19.4 Å². The monoisotopic (exact) mass is 223 g/mol. The van der Waals surface area contributed by atoms with Crippen molar-refractivity contribution < 1.29 is 8.42 Å². The topological polar surface area (TPSA) is 75.4 Å². The fraction of sp³-hybridized carbons (Fsp3) is 1.00. The highest BCUT2D eigenvalue weighted by atomic mass is 32.2. The van der Waals surface area contributed by atoms with E-state index in [1.165, 1.54) is 14.1 Å². The van der Waals surface area contributed by atoms with Crippen LogP contribution in [0.2, 0.25) is 0 Å². The van der Waals surface area contributed by atoms with Crippen molar-refractivity contribution in [3.63, 3.8) is 0 Å². The van der Waals surface area contributed by atoms with Crippen LogP contribution in [0.3, 0.4) is 0 Å². The van der Waals surface area contributed by atoms with Gasteiger partial charge in [0.1, 0.15) is 0 Å². The summed E-state index contributed by atoms with van der Waals surface area (Å²) in [5, 5.41) is 0. The Kier molecular flexibility index (Phi) is 5.00. The summed E-state index contributed by atoms with van der Waals surface area (Å²) in [5.41, 5.74) is 5.08. The molecule has 5 nitrogen and oxygen atoms in total. The van der Waals surface area contributed by atoms with E-state index < -0.39 is 15.7 Å². The van der Waals surface area contributed by atoms with Gasteiger partial charge >= 0.3 is 0 Å². The van der Waals surface area contributed by atoms with Gasteiger partial charge in [0, 0.05) is 26.2 Å². The van der Waals surface area contributed by atoms with Gasteiger partial charge in [0.2, 0.25) is 0 Å². The number of rotatable bonds is 6. The third kappa shape index (κ3) is 3.20. The number of hydrogen-bond acceptors (Lipinski definition) is 3. The summed E-state index contributed by atoms with van der Waals surface area (Å²) in [7, 11) is -0.399. The summed E-state index contributed by atoms with van der Waals surface area (Å²) in [4.78, 5) is 0. The van der Waals surface area contributed by atoms with Crippen LogP contribution in [-0.2, 0) is 10.2 Å². The molecule has 0 amide bonds. The Labute approximate surface area is 86.8 Å². The van der Waals surface area contributed by atoms with Crippen LogP contribution >= 0.6 is 0 Å². The Balaban J connectivity index is 4.78. The normalized spacial score (nSPS) is 13.6. The summed E-state index contributed by atoms with van der Waals surface area (Å²) < 4.78 is 26.9. The Morgan fingerprint density at radius 1 is 1.29 bits per heavy atom. The zero-order valence-electron chi connectivity index (χ0n) is 9.37. The van der Waals surface area contributed by atoms with Crippen molar-refractivity contribution in [2.24, 2.45) is 5.73 Å². The molecule has 0 rings (SSSR count). The molecule has 86 valence electrons. The predicted molar refractivity (Wildman–Crippen MR) is 58.1 cm³/mol. The van der Waals surface area contributed by atoms with Gasteiger partial charge in [0.25, 0.3) is 10.2 Å². The van der Waals surface area contributed by atoms with E-state index >= 15 is 0 Å². The van der Waals surface area contributed by atoms with Crippen LogP contribution in [0.15, 0.2) is 0 Å². The van der Waals surface area contributed by atoms with E-state index in [1.54, 1.807) is 0 Å². The first-order valence-electron chi connectivity index (χ1n) is 4.75. The molecule has 0 spiro atoms. The van der Waals surface area contributed by atoms with Crippen molar-refractivity contribution in [3.8, 4) is 0 Å². The first-order chi connectivity index (χ1) is 6.33. The highest BCUT2D eigenvalue weighted by Crippen LogP contribution is 2.15. The minimum Gasteiger partial charge on any atom is -0.329 e. The average Bonchev–Trinajstić information content (AvgIpc) is 2.14. The van der Waals surface area contributed by atoms with Gasteiger partial charge in [-0.2, -0.15) is 17.4 Å². The maximum absolute atomic E-state index is 11.6. The lowest BCUT2D eigenvalue weighted by Crippen LogP contribution is -2.55. The average molecular weight is 223 g/mol. The van der Waals surface area contributed by atoms with Gasteiger partial charge in [-0.3, -0.25) is 0 Å². The van der Waals surface area contributed by atoms with E-state index in [2.05, 4.69) is 4.72 Å².